The van der Waals surface area contributed by atoms with E-state index in [-0.39, 0.29) is 19.6 Å². The molecule has 0 bridgehead atoms. The van der Waals surface area contributed by atoms with Gasteiger partial charge in [-0.2, -0.15) is 0 Å². The topological polar surface area (TPSA) is 89.9 Å². The van der Waals surface area contributed by atoms with Crippen LogP contribution in [-0.4, -0.2) is 41.6 Å². The van der Waals surface area contributed by atoms with Gasteiger partial charge in [0.25, 0.3) is 5.60 Å². The number of Topliss-reactive ketones (excluding diaryl/α,β-unsaturated/α-hetero) is 1. The molecule has 6 nitrogen and oxygen atoms in total. The molecule has 0 amide bonds. The molecule has 23 heavy (non-hydrogen) atoms. The van der Waals surface area contributed by atoms with Crippen LogP contribution in [0.1, 0.15) is 36.2 Å². The first-order valence-corrected chi connectivity index (χ1v) is 7.65. The number of rotatable bonds is 5. The molecule has 0 aromatic heterocycles. The van der Waals surface area contributed by atoms with Crippen LogP contribution in [0.3, 0.4) is 0 Å². The Morgan fingerprint density at radius 2 is 1.74 bits per heavy atom. The highest BCUT2D eigenvalue weighted by atomic mass is 16.6. The highest BCUT2D eigenvalue weighted by molar-refractivity contribution is 6.12. The molecular weight excluding hydrogens is 300 g/mol. The van der Waals surface area contributed by atoms with Gasteiger partial charge >= 0.3 is 11.9 Å². The molecule has 0 saturated heterocycles. The number of fused-ring (bicyclic) bond motifs is 1. The summed E-state index contributed by atoms with van der Waals surface area (Å²) in [5.74, 6) is -3.95. The van der Waals surface area contributed by atoms with Crippen LogP contribution < -0.4 is 0 Å². The molecular formula is C17H20O6. The second-order valence-corrected chi connectivity index (χ2v) is 5.32. The van der Waals surface area contributed by atoms with Crippen molar-refractivity contribution in [2.45, 2.75) is 32.3 Å². The quantitative estimate of drug-likeness (QED) is 0.649. The van der Waals surface area contributed by atoms with Crippen LogP contribution in [0.4, 0.5) is 0 Å². The molecule has 1 aromatic rings. The average Bonchev–Trinajstić information content (AvgIpc) is 2.55. The molecule has 1 N–H and O–H groups in total. The van der Waals surface area contributed by atoms with Crippen molar-refractivity contribution in [1.82, 2.24) is 0 Å². The minimum absolute atomic E-state index is 0.0158. The molecule has 1 aliphatic carbocycles. The lowest BCUT2D eigenvalue weighted by molar-refractivity contribution is -0.188. The van der Waals surface area contributed by atoms with Crippen molar-refractivity contribution in [3.63, 3.8) is 0 Å². The zero-order chi connectivity index (χ0) is 17.0. The smallest absolute Gasteiger partial charge is 0.350 e. The summed E-state index contributed by atoms with van der Waals surface area (Å²) in [6, 6.07) is 6.96. The lowest BCUT2D eigenvalue weighted by Gasteiger charge is -2.33. The zero-order valence-corrected chi connectivity index (χ0v) is 13.2. The molecule has 1 aromatic carbocycles. The summed E-state index contributed by atoms with van der Waals surface area (Å²) in [4.78, 5) is 37.1. The molecule has 2 rings (SSSR count). The number of ether oxygens (including phenoxy) is 2. The van der Waals surface area contributed by atoms with E-state index >= 15 is 0 Å². The highest BCUT2D eigenvalue weighted by Gasteiger charge is 2.57. The van der Waals surface area contributed by atoms with Crippen LogP contribution in [0.5, 0.6) is 0 Å². The number of aliphatic hydroxyl groups is 1. The summed E-state index contributed by atoms with van der Waals surface area (Å²) >= 11 is 0. The van der Waals surface area contributed by atoms with E-state index < -0.39 is 29.2 Å². The van der Waals surface area contributed by atoms with E-state index in [9.17, 15) is 19.5 Å². The van der Waals surface area contributed by atoms with Crippen molar-refractivity contribution in [2.75, 3.05) is 13.2 Å². The van der Waals surface area contributed by atoms with Crippen molar-refractivity contribution in [3.05, 3.63) is 35.4 Å². The van der Waals surface area contributed by atoms with Crippen LogP contribution in [0.2, 0.25) is 0 Å². The number of hydrogen-bond acceptors (Lipinski definition) is 6. The number of benzene rings is 1. The van der Waals surface area contributed by atoms with Crippen molar-refractivity contribution in [3.8, 4) is 0 Å². The van der Waals surface area contributed by atoms with E-state index in [4.69, 9.17) is 9.47 Å². The first-order chi connectivity index (χ1) is 11.0. The predicted molar refractivity (Wildman–Crippen MR) is 80.8 cm³/mol. The number of ketones is 1. The van der Waals surface area contributed by atoms with Crippen molar-refractivity contribution >= 4 is 17.7 Å². The lowest BCUT2D eigenvalue weighted by Crippen LogP contribution is -2.57. The molecule has 0 saturated carbocycles. The van der Waals surface area contributed by atoms with Gasteiger partial charge in [-0.3, -0.25) is 4.79 Å². The largest absolute Gasteiger partial charge is 0.463 e. The summed E-state index contributed by atoms with van der Waals surface area (Å²) in [5.41, 5.74) is -1.36. The molecule has 1 atom stereocenters. The maximum atomic E-state index is 12.7. The van der Waals surface area contributed by atoms with Gasteiger partial charge in [-0.15, -0.1) is 0 Å². The Balaban J connectivity index is 2.42. The Hall–Kier alpha value is -2.21. The summed E-state index contributed by atoms with van der Waals surface area (Å²) < 4.78 is 9.64. The van der Waals surface area contributed by atoms with E-state index in [0.29, 0.717) is 12.0 Å². The third-order valence-corrected chi connectivity index (χ3v) is 3.98. The maximum absolute atomic E-state index is 12.7. The van der Waals surface area contributed by atoms with Crippen LogP contribution in [0.15, 0.2) is 24.3 Å². The predicted octanol–water partition coefficient (Wildman–Crippen LogP) is 1.29. The second kappa shape index (κ2) is 6.91. The molecule has 0 fully saturated rings. The lowest BCUT2D eigenvalue weighted by atomic mass is 9.73. The highest BCUT2D eigenvalue weighted by Crippen LogP contribution is 2.34. The zero-order valence-electron chi connectivity index (χ0n) is 13.2. The summed E-state index contributed by atoms with van der Waals surface area (Å²) in [5, 5.41) is 10.8. The van der Waals surface area contributed by atoms with Crippen LogP contribution in [0.25, 0.3) is 0 Å². The van der Waals surface area contributed by atoms with Crippen molar-refractivity contribution in [2.24, 2.45) is 5.92 Å². The third kappa shape index (κ3) is 2.99. The summed E-state index contributed by atoms with van der Waals surface area (Å²) in [6.07, 6.45) is 0.650. The van der Waals surface area contributed by atoms with Crippen LogP contribution in [0, 0.1) is 5.92 Å². The fraction of sp³-hybridized carbons (Fsp3) is 0.471. The Labute approximate surface area is 134 Å². The first kappa shape index (κ1) is 17.1. The van der Waals surface area contributed by atoms with Crippen LogP contribution >= 0.6 is 0 Å². The summed E-state index contributed by atoms with van der Waals surface area (Å²) in [7, 11) is 0. The average molecular weight is 320 g/mol. The summed E-state index contributed by atoms with van der Waals surface area (Å²) in [6.45, 7) is 3.08. The van der Waals surface area contributed by atoms with E-state index in [0.717, 1.165) is 5.56 Å². The molecule has 0 spiro atoms. The Bertz CT molecular complexity index is 603. The fourth-order valence-corrected chi connectivity index (χ4v) is 2.85. The fourth-order valence-electron chi connectivity index (χ4n) is 2.85. The van der Waals surface area contributed by atoms with Crippen LogP contribution in [-0.2, 0) is 25.5 Å². The van der Waals surface area contributed by atoms with Gasteiger partial charge in [-0.1, -0.05) is 24.3 Å². The van der Waals surface area contributed by atoms with Crippen molar-refractivity contribution < 1.29 is 29.0 Å². The Morgan fingerprint density at radius 1 is 1.17 bits per heavy atom. The molecule has 0 unspecified atom stereocenters. The van der Waals surface area contributed by atoms with Gasteiger partial charge < -0.3 is 14.6 Å². The second-order valence-electron chi connectivity index (χ2n) is 5.32. The third-order valence-electron chi connectivity index (χ3n) is 3.98. The number of carbonyl (C=O) groups is 3. The monoisotopic (exact) mass is 320 g/mol. The number of hydrogen-bond donors (Lipinski definition) is 1. The molecule has 0 aliphatic heterocycles. The normalized spacial score (nSPS) is 17.3. The molecule has 6 heteroatoms. The van der Waals surface area contributed by atoms with E-state index in [2.05, 4.69) is 0 Å². The minimum Gasteiger partial charge on any atom is -0.463 e. The van der Waals surface area contributed by atoms with Gasteiger partial charge in [0.1, 0.15) is 0 Å². The molecule has 124 valence electrons. The number of aryl methyl sites for hydroxylation is 1. The molecule has 1 aliphatic rings. The van der Waals surface area contributed by atoms with E-state index in [1.165, 1.54) is 0 Å². The van der Waals surface area contributed by atoms with Crippen molar-refractivity contribution in [1.29, 1.82) is 0 Å². The number of esters is 2. The maximum Gasteiger partial charge on any atom is 0.350 e. The SMILES string of the molecule is CCOC(=O)C(O)(C(=O)OCC)[C@H]1CCc2ccccc2C1=O. The first-order valence-electron chi connectivity index (χ1n) is 7.65. The van der Waals surface area contributed by atoms with Gasteiger partial charge in [-0.05, 0) is 32.3 Å². The number of carbonyl (C=O) groups excluding carboxylic acids is 3. The standard InChI is InChI=1S/C17H20O6/c1-3-22-15(19)17(21,16(20)23-4-2)13-10-9-11-7-5-6-8-12(11)14(13)18/h5-8,13,21H,3-4,9-10H2,1-2H3/t13-/m0/s1. The van der Waals surface area contributed by atoms with E-state index in [1.807, 2.05) is 12.1 Å². The van der Waals surface area contributed by atoms with Gasteiger partial charge in [0, 0.05) is 5.56 Å². The van der Waals surface area contributed by atoms with Gasteiger partial charge in [0.05, 0.1) is 19.1 Å². The Kier molecular flexibility index (Phi) is 5.15. The van der Waals surface area contributed by atoms with Gasteiger partial charge in [0.2, 0.25) is 0 Å². The minimum atomic E-state index is -2.61. The van der Waals surface area contributed by atoms with Gasteiger partial charge in [-0.25, -0.2) is 9.59 Å². The van der Waals surface area contributed by atoms with E-state index in [1.54, 1.807) is 26.0 Å². The molecule has 0 heterocycles. The Morgan fingerprint density at radius 3 is 2.30 bits per heavy atom. The molecule has 0 radical (unpaired) electrons. The van der Waals surface area contributed by atoms with Gasteiger partial charge in [0.15, 0.2) is 5.78 Å².